The summed E-state index contributed by atoms with van der Waals surface area (Å²) < 4.78 is 5.77. The number of benzene rings is 1. The van der Waals surface area contributed by atoms with E-state index in [4.69, 9.17) is 4.74 Å². The highest BCUT2D eigenvalue weighted by molar-refractivity contribution is 5.44. The van der Waals surface area contributed by atoms with Crippen LogP contribution in [0.2, 0.25) is 0 Å². The van der Waals surface area contributed by atoms with Crippen molar-refractivity contribution >= 4 is 0 Å². The van der Waals surface area contributed by atoms with Gasteiger partial charge in [-0.15, -0.1) is 0 Å². The number of hydrogen-bond donors (Lipinski definition) is 1. The Bertz CT molecular complexity index is 358. The van der Waals surface area contributed by atoms with Crippen molar-refractivity contribution in [1.29, 1.82) is 0 Å². The van der Waals surface area contributed by atoms with Crippen molar-refractivity contribution in [2.45, 2.75) is 59.3 Å². The standard InChI is InChI=1S/C16H26O2/c1-4-5-6-7-8-9-10-18-16-12-13(2)15(17)11-14(16)3/h11-12,17H,4-10H2,1-3H3. The molecule has 0 aliphatic rings. The summed E-state index contributed by atoms with van der Waals surface area (Å²) in [5, 5.41) is 9.56. The quantitative estimate of drug-likeness (QED) is 0.675. The van der Waals surface area contributed by atoms with Crippen molar-refractivity contribution < 1.29 is 9.84 Å². The van der Waals surface area contributed by atoms with Gasteiger partial charge in [-0.3, -0.25) is 0 Å². The fourth-order valence-electron chi connectivity index (χ4n) is 1.99. The maximum absolute atomic E-state index is 9.56. The van der Waals surface area contributed by atoms with Crippen molar-refractivity contribution in [3.05, 3.63) is 23.3 Å². The number of aryl methyl sites for hydroxylation is 2. The van der Waals surface area contributed by atoms with Crippen LogP contribution in [0.25, 0.3) is 0 Å². The predicted molar refractivity (Wildman–Crippen MR) is 76.5 cm³/mol. The van der Waals surface area contributed by atoms with Crippen LogP contribution in [-0.2, 0) is 0 Å². The van der Waals surface area contributed by atoms with E-state index in [1.165, 1.54) is 32.1 Å². The first-order chi connectivity index (χ1) is 8.65. The number of rotatable bonds is 8. The first-order valence-corrected chi connectivity index (χ1v) is 7.08. The van der Waals surface area contributed by atoms with Gasteiger partial charge in [-0.1, -0.05) is 39.0 Å². The smallest absolute Gasteiger partial charge is 0.122 e. The van der Waals surface area contributed by atoms with Crippen molar-refractivity contribution in [3.63, 3.8) is 0 Å². The van der Waals surface area contributed by atoms with E-state index in [0.29, 0.717) is 5.75 Å². The SMILES string of the molecule is CCCCCCCCOc1cc(C)c(O)cc1C. The summed E-state index contributed by atoms with van der Waals surface area (Å²) in [5.41, 5.74) is 1.88. The molecular formula is C16H26O2. The van der Waals surface area contributed by atoms with E-state index in [2.05, 4.69) is 6.92 Å². The molecule has 0 radical (unpaired) electrons. The minimum Gasteiger partial charge on any atom is -0.508 e. The summed E-state index contributed by atoms with van der Waals surface area (Å²) in [6, 6.07) is 3.69. The van der Waals surface area contributed by atoms with Crippen LogP contribution in [0, 0.1) is 13.8 Å². The zero-order valence-electron chi connectivity index (χ0n) is 12.0. The Morgan fingerprint density at radius 1 is 0.944 bits per heavy atom. The molecule has 0 spiro atoms. The lowest BCUT2D eigenvalue weighted by molar-refractivity contribution is 0.301. The van der Waals surface area contributed by atoms with Crippen LogP contribution in [-0.4, -0.2) is 11.7 Å². The Morgan fingerprint density at radius 3 is 2.33 bits per heavy atom. The molecule has 0 bridgehead atoms. The van der Waals surface area contributed by atoms with Gasteiger partial charge in [-0.25, -0.2) is 0 Å². The van der Waals surface area contributed by atoms with Crippen molar-refractivity contribution in [3.8, 4) is 11.5 Å². The average molecular weight is 250 g/mol. The second kappa shape index (κ2) is 8.02. The number of ether oxygens (including phenoxy) is 1. The van der Waals surface area contributed by atoms with Gasteiger partial charge in [0.1, 0.15) is 11.5 Å². The lowest BCUT2D eigenvalue weighted by Gasteiger charge is -2.11. The monoisotopic (exact) mass is 250 g/mol. The van der Waals surface area contributed by atoms with Crippen molar-refractivity contribution in [2.75, 3.05) is 6.61 Å². The van der Waals surface area contributed by atoms with Crippen LogP contribution >= 0.6 is 0 Å². The molecule has 0 aliphatic carbocycles. The average Bonchev–Trinajstić information content (AvgIpc) is 2.34. The number of hydrogen-bond acceptors (Lipinski definition) is 2. The second-order valence-corrected chi connectivity index (χ2v) is 5.02. The lowest BCUT2D eigenvalue weighted by atomic mass is 10.1. The summed E-state index contributed by atoms with van der Waals surface area (Å²) in [7, 11) is 0. The lowest BCUT2D eigenvalue weighted by Crippen LogP contribution is -1.99. The van der Waals surface area contributed by atoms with E-state index < -0.39 is 0 Å². The molecule has 102 valence electrons. The minimum atomic E-state index is 0.347. The van der Waals surface area contributed by atoms with Crippen molar-refractivity contribution in [1.82, 2.24) is 0 Å². The van der Waals surface area contributed by atoms with E-state index in [9.17, 15) is 5.11 Å². The van der Waals surface area contributed by atoms with E-state index in [-0.39, 0.29) is 0 Å². The summed E-state index contributed by atoms with van der Waals surface area (Å²) in [4.78, 5) is 0. The number of unbranched alkanes of at least 4 members (excludes halogenated alkanes) is 5. The first-order valence-electron chi connectivity index (χ1n) is 7.08. The van der Waals surface area contributed by atoms with Gasteiger partial charge in [-0.05, 0) is 43.5 Å². The molecule has 2 heteroatoms. The summed E-state index contributed by atoms with van der Waals surface area (Å²) in [6.07, 6.45) is 7.65. The number of phenolic OH excluding ortho intramolecular Hbond substituents is 1. The van der Waals surface area contributed by atoms with Crippen LogP contribution in [0.5, 0.6) is 11.5 Å². The second-order valence-electron chi connectivity index (χ2n) is 5.02. The summed E-state index contributed by atoms with van der Waals surface area (Å²) in [5.74, 6) is 1.25. The van der Waals surface area contributed by atoms with E-state index in [1.54, 1.807) is 6.07 Å². The molecule has 0 amide bonds. The molecular weight excluding hydrogens is 224 g/mol. The molecule has 0 aliphatic heterocycles. The van der Waals surface area contributed by atoms with Gasteiger partial charge < -0.3 is 9.84 Å². The molecule has 2 nitrogen and oxygen atoms in total. The highest BCUT2D eigenvalue weighted by Gasteiger charge is 2.04. The van der Waals surface area contributed by atoms with Gasteiger partial charge in [0.25, 0.3) is 0 Å². The molecule has 0 atom stereocenters. The zero-order chi connectivity index (χ0) is 13.4. The fourth-order valence-corrected chi connectivity index (χ4v) is 1.99. The Morgan fingerprint density at radius 2 is 1.61 bits per heavy atom. The molecule has 0 saturated carbocycles. The van der Waals surface area contributed by atoms with Crippen LogP contribution in [0.3, 0.4) is 0 Å². The predicted octanol–water partition coefficient (Wildman–Crippen LogP) is 4.75. The number of aromatic hydroxyl groups is 1. The van der Waals surface area contributed by atoms with E-state index >= 15 is 0 Å². The molecule has 1 aromatic rings. The largest absolute Gasteiger partial charge is 0.508 e. The molecule has 1 N–H and O–H groups in total. The Labute approximate surface area is 111 Å². The minimum absolute atomic E-state index is 0.347. The van der Waals surface area contributed by atoms with Crippen LogP contribution in [0.4, 0.5) is 0 Å². The van der Waals surface area contributed by atoms with Gasteiger partial charge in [0.15, 0.2) is 0 Å². The third-order valence-electron chi connectivity index (χ3n) is 3.25. The van der Waals surface area contributed by atoms with Gasteiger partial charge >= 0.3 is 0 Å². The highest BCUT2D eigenvalue weighted by atomic mass is 16.5. The summed E-state index contributed by atoms with van der Waals surface area (Å²) >= 11 is 0. The highest BCUT2D eigenvalue weighted by Crippen LogP contribution is 2.26. The normalized spacial score (nSPS) is 10.6. The fraction of sp³-hybridized carbons (Fsp3) is 0.625. The molecule has 18 heavy (non-hydrogen) atoms. The van der Waals surface area contributed by atoms with Gasteiger partial charge in [0.2, 0.25) is 0 Å². The molecule has 0 fully saturated rings. The number of phenols is 1. The van der Waals surface area contributed by atoms with E-state index in [1.807, 2.05) is 19.9 Å². The van der Waals surface area contributed by atoms with E-state index in [0.717, 1.165) is 29.9 Å². The zero-order valence-corrected chi connectivity index (χ0v) is 12.0. The van der Waals surface area contributed by atoms with Crippen LogP contribution < -0.4 is 4.74 Å². The van der Waals surface area contributed by atoms with Gasteiger partial charge in [0.05, 0.1) is 6.61 Å². The molecule has 0 saturated heterocycles. The maximum atomic E-state index is 9.56. The maximum Gasteiger partial charge on any atom is 0.122 e. The molecule has 1 aromatic carbocycles. The van der Waals surface area contributed by atoms with Gasteiger partial charge in [-0.2, -0.15) is 0 Å². The third kappa shape index (κ3) is 4.99. The molecule has 1 rings (SSSR count). The van der Waals surface area contributed by atoms with Crippen molar-refractivity contribution in [2.24, 2.45) is 0 Å². The molecule has 0 aromatic heterocycles. The van der Waals surface area contributed by atoms with Crippen LogP contribution in [0.1, 0.15) is 56.6 Å². The third-order valence-corrected chi connectivity index (χ3v) is 3.25. The first kappa shape index (κ1) is 14.9. The Balaban J connectivity index is 2.25. The summed E-state index contributed by atoms with van der Waals surface area (Å²) in [6.45, 7) is 6.87. The Hall–Kier alpha value is -1.18. The molecule has 0 unspecified atom stereocenters. The Kier molecular flexibility index (Phi) is 6.63. The van der Waals surface area contributed by atoms with Gasteiger partial charge in [0, 0.05) is 0 Å². The topological polar surface area (TPSA) is 29.5 Å². The molecule has 0 heterocycles. The van der Waals surface area contributed by atoms with Crippen LogP contribution in [0.15, 0.2) is 12.1 Å².